The van der Waals surface area contributed by atoms with Gasteiger partial charge in [0.1, 0.15) is 0 Å². The molecule has 1 aliphatic carbocycles. The summed E-state index contributed by atoms with van der Waals surface area (Å²) in [7, 11) is -3.55. The number of carbonyl (C=O) groups is 1. The lowest BCUT2D eigenvalue weighted by molar-refractivity contribution is -0.118. The van der Waals surface area contributed by atoms with Gasteiger partial charge in [0, 0.05) is 36.2 Å². The molecular weight excluding hydrogens is 418 g/mol. The minimum Gasteiger partial charge on any atom is -0.325 e. The van der Waals surface area contributed by atoms with Crippen LogP contribution in [0.2, 0.25) is 0 Å². The van der Waals surface area contributed by atoms with Gasteiger partial charge in [-0.3, -0.25) is 9.69 Å². The number of sulfonamides is 1. The number of thiophene rings is 1. The molecule has 1 aliphatic heterocycles. The molecule has 30 heavy (non-hydrogen) atoms. The molecule has 1 fully saturated rings. The molecule has 6 nitrogen and oxygen atoms in total. The average molecular weight is 448 g/mol. The van der Waals surface area contributed by atoms with E-state index in [2.05, 4.69) is 21.7 Å². The second kappa shape index (κ2) is 8.78. The van der Waals surface area contributed by atoms with Gasteiger partial charge in [-0.1, -0.05) is 19.9 Å². The van der Waals surface area contributed by atoms with Crippen LogP contribution in [-0.4, -0.2) is 49.7 Å². The van der Waals surface area contributed by atoms with E-state index in [1.807, 2.05) is 25.2 Å². The summed E-state index contributed by atoms with van der Waals surface area (Å²) in [6, 6.07) is 9.10. The number of fused-ring (bicyclic) bond motifs is 1. The second-order valence-corrected chi connectivity index (χ2v) is 10.9. The maximum atomic E-state index is 12.8. The van der Waals surface area contributed by atoms with Gasteiger partial charge in [-0.15, -0.1) is 11.3 Å². The Labute approximate surface area is 182 Å². The van der Waals surface area contributed by atoms with Gasteiger partial charge < -0.3 is 5.32 Å². The summed E-state index contributed by atoms with van der Waals surface area (Å²) in [6.45, 7) is 5.68. The van der Waals surface area contributed by atoms with E-state index in [9.17, 15) is 13.2 Å². The molecule has 0 unspecified atom stereocenters. The Morgan fingerprint density at radius 3 is 2.70 bits per heavy atom. The van der Waals surface area contributed by atoms with Gasteiger partial charge >= 0.3 is 0 Å². The Hall–Kier alpha value is -1.74. The topological polar surface area (TPSA) is 69.7 Å². The summed E-state index contributed by atoms with van der Waals surface area (Å²) in [5, 5.41) is 5.07. The van der Waals surface area contributed by atoms with Gasteiger partial charge in [0.15, 0.2) is 0 Å². The van der Waals surface area contributed by atoms with Crippen LogP contribution in [0.4, 0.5) is 5.69 Å². The number of hydrogen-bond acceptors (Lipinski definition) is 5. The Balaban J connectivity index is 1.46. The number of nitrogens with zero attached hydrogens (tertiary/aromatic N) is 2. The number of rotatable bonds is 8. The molecule has 1 atom stereocenters. The minimum absolute atomic E-state index is 0.100. The van der Waals surface area contributed by atoms with Gasteiger partial charge in [-0.25, -0.2) is 8.42 Å². The molecule has 162 valence electrons. The van der Waals surface area contributed by atoms with Crippen molar-refractivity contribution < 1.29 is 13.2 Å². The van der Waals surface area contributed by atoms with E-state index >= 15 is 0 Å². The molecule has 0 radical (unpaired) electrons. The molecule has 0 bridgehead atoms. The first-order valence-electron chi connectivity index (χ1n) is 10.6. The molecule has 1 amide bonds. The fraction of sp³-hybridized carbons (Fsp3) is 0.500. The summed E-state index contributed by atoms with van der Waals surface area (Å²) in [5.41, 5.74) is 1.92. The Kier molecular flexibility index (Phi) is 6.29. The quantitative estimate of drug-likeness (QED) is 0.670. The van der Waals surface area contributed by atoms with Gasteiger partial charge in [0.2, 0.25) is 15.9 Å². The summed E-state index contributed by atoms with van der Waals surface area (Å²) < 4.78 is 27.0. The van der Waals surface area contributed by atoms with Crippen LogP contribution < -0.4 is 5.32 Å². The van der Waals surface area contributed by atoms with Crippen molar-refractivity contribution in [1.82, 2.24) is 9.21 Å². The molecule has 2 heterocycles. The summed E-state index contributed by atoms with van der Waals surface area (Å²) >= 11 is 1.82. The lowest BCUT2D eigenvalue weighted by Gasteiger charge is -2.35. The van der Waals surface area contributed by atoms with Crippen LogP contribution >= 0.6 is 11.3 Å². The number of benzene rings is 1. The second-order valence-electron chi connectivity index (χ2n) is 7.97. The maximum absolute atomic E-state index is 12.8. The SMILES string of the molecule is CCN(CC)S(=O)(=O)c1cccc(NC(=O)CN2CCc3sccc3[C@@H]2C2CC2)c1. The Morgan fingerprint density at radius 2 is 2.00 bits per heavy atom. The Morgan fingerprint density at radius 1 is 1.23 bits per heavy atom. The predicted molar refractivity (Wildman–Crippen MR) is 120 cm³/mol. The molecule has 0 spiro atoms. The third-order valence-corrected chi connectivity index (χ3v) is 9.04. The summed E-state index contributed by atoms with van der Waals surface area (Å²) in [4.78, 5) is 16.8. The Bertz CT molecular complexity index is 1010. The molecule has 4 rings (SSSR count). The number of amides is 1. The molecule has 1 aromatic heterocycles. The van der Waals surface area contributed by atoms with E-state index in [1.165, 1.54) is 27.6 Å². The van der Waals surface area contributed by atoms with E-state index in [1.54, 1.807) is 24.3 Å². The largest absolute Gasteiger partial charge is 0.325 e. The molecule has 1 saturated carbocycles. The first-order chi connectivity index (χ1) is 14.4. The normalized spacial score (nSPS) is 19.6. The van der Waals surface area contributed by atoms with Crippen LogP contribution in [0.5, 0.6) is 0 Å². The zero-order chi connectivity index (χ0) is 21.3. The molecule has 2 aliphatic rings. The van der Waals surface area contributed by atoms with E-state index in [4.69, 9.17) is 0 Å². The molecule has 2 aromatic rings. The molecule has 1 aromatic carbocycles. The maximum Gasteiger partial charge on any atom is 0.243 e. The number of hydrogen-bond donors (Lipinski definition) is 1. The third-order valence-electron chi connectivity index (χ3n) is 5.99. The van der Waals surface area contributed by atoms with Crippen molar-refractivity contribution in [3.8, 4) is 0 Å². The number of carbonyl (C=O) groups excluding carboxylic acids is 1. The number of nitrogens with one attached hydrogen (secondary N) is 1. The monoisotopic (exact) mass is 447 g/mol. The highest BCUT2D eigenvalue weighted by Crippen LogP contribution is 2.48. The zero-order valence-corrected chi connectivity index (χ0v) is 19.1. The van der Waals surface area contributed by atoms with Gasteiger partial charge in [-0.2, -0.15) is 4.31 Å². The summed E-state index contributed by atoms with van der Waals surface area (Å²) in [5.74, 6) is 0.547. The molecule has 1 N–H and O–H groups in total. The highest BCUT2D eigenvalue weighted by atomic mass is 32.2. The fourth-order valence-corrected chi connectivity index (χ4v) is 6.79. The van der Waals surface area contributed by atoms with Crippen LogP contribution in [0.25, 0.3) is 0 Å². The van der Waals surface area contributed by atoms with Crippen LogP contribution in [0.3, 0.4) is 0 Å². The summed E-state index contributed by atoms with van der Waals surface area (Å²) in [6.07, 6.45) is 3.44. The van der Waals surface area contributed by atoms with Crippen molar-refractivity contribution >= 4 is 33.0 Å². The fourth-order valence-electron chi connectivity index (χ4n) is 4.37. The molecule has 8 heteroatoms. The van der Waals surface area contributed by atoms with E-state index in [0.29, 0.717) is 37.3 Å². The average Bonchev–Trinajstić information content (AvgIpc) is 3.44. The van der Waals surface area contributed by atoms with Gasteiger partial charge in [0.25, 0.3) is 0 Å². The van der Waals surface area contributed by atoms with Crippen molar-refractivity contribution in [2.45, 2.75) is 44.0 Å². The molecular formula is C22H29N3O3S2. The number of anilines is 1. The first-order valence-corrected chi connectivity index (χ1v) is 13.0. The van der Waals surface area contributed by atoms with Crippen molar-refractivity contribution in [3.05, 3.63) is 46.2 Å². The third kappa shape index (κ3) is 4.32. The van der Waals surface area contributed by atoms with Crippen molar-refractivity contribution in [2.75, 3.05) is 31.5 Å². The smallest absolute Gasteiger partial charge is 0.243 e. The van der Waals surface area contributed by atoms with Crippen LogP contribution in [0.15, 0.2) is 40.6 Å². The highest BCUT2D eigenvalue weighted by Gasteiger charge is 2.40. The standard InChI is InChI=1S/C22H29N3O3S2/c1-3-25(4-2)30(27,28)18-7-5-6-17(14-18)23-21(26)15-24-12-10-20-19(11-13-29-20)22(24)16-8-9-16/h5-7,11,13-14,16,22H,3-4,8-10,12,15H2,1-2H3,(H,23,26)/t22-/m0/s1. The van der Waals surface area contributed by atoms with Crippen LogP contribution in [-0.2, 0) is 21.2 Å². The lowest BCUT2D eigenvalue weighted by Crippen LogP contribution is -2.41. The van der Waals surface area contributed by atoms with E-state index < -0.39 is 10.0 Å². The van der Waals surface area contributed by atoms with E-state index in [-0.39, 0.29) is 10.8 Å². The zero-order valence-electron chi connectivity index (χ0n) is 17.5. The predicted octanol–water partition coefficient (Wildman–Crippen LogP) is 3.73. The van der Waals surface area contributed by atoms with Crippen molar-refractivity contribution in [3.63, 3.8) is 0 Å². The van der Waals surface area contributed by atoms with Gasteiger partial charge in [-0.05, 0) is 60.4 Å². The highest BCUT2D eigenvalue weighted by molar-refractivity contribution is 7.89. The van der Waals surface area contributed by atoms with Crippen LogP contribution in [0.1, 0.15) is 43.2 Å². The van der Waals surface area contributed by atoms with E-state index in [0.717, 1.165) is 13.0 Å². The first kappa shape index (κ1) is 21.5. The molecule has 0 saturated heterocycles. The van der Waals surface area contributed by atoms with Crippen molar-refractivity contribution in [1.29, 1.82) is 0 Å². The van der Waals surface area contributed by atoms with Gasteiger partial charge in [0.05, 0.1) is 11.4 Å². The lowest BCUT2D eigenvalue weighted by atomic mass is 9.96. The van der Waals surface area contributed by atoms with Crippen LogP contribution in [0, 0.1) is 5.92 Å². The minimum atomic E-state index is -3.55. The van der Waals surface area contributed by atoms with Crippen molar-refractivity contribution in [2.24, 2.45) is 5.92 Å².